The first-order valence-corrected chi connectivity index (χ1v) is 10.4. The Bertz CT molecular complexity index is 1130. The second-order valence-corrected chi connectivity index (χ2v) is 7.86. The number of rotatable bonds is 6. The molecule has 7 nitrogen and oxygen atoms in total. The maximum absolute atomic E-state index is 10.8. The van der Waals surface area contributed by atoms with Gasteiger partial charge in [-0.15, -0.1) is 0 Å². The maximum Gasteiger partial charge on any atom is 0.258 e. The quantitative estimate of drug-likeness (QED) is 0.566. The number of nitriles is 1. The van der Waals surface area contributed by atoms with Crippen molar-refractivity contribution in [3.8, 4) is 34.7 Å². The Morgan fingerprint density at radius 3 is 2.68 bits per heavy atom. The average Bonchev–Trinajstić information content (AvgIpc) is 3.17. The highest BCUT2D eigenvalue weighted by atomic mass is 16.5. The standard InChI is InChI=1S/C24H24N4O3/c1-16(2)30-22-6-5-20(14-21(22)15-25)24-26-23(27-31-24)19-4-3-17-7-9-28(11-12-29)10-8-18(17)13-19/h3-6,12-14,16H,7-11H2,1-2H3. The summed E-state index contributed by atoms with van der Waals surface area (Å²) in [6.07, 6.45) is 2.74. The van der Waals surface area contributed by atoms with E-state index in [1.807, 2.05) is 26.0 Å². The molecule has 0 aliphatic carbocycles. The maximum atomic E-state index is 10.8. The van der Waals surface area contributed by atoms with Crippen LogP contribution in [0, 0.1) is 11.3 Å². The van der Waals surface area contributed by atoms with Gasteiger partial charge in [-0.1, -0.05) is 17.3 Å². The SMILES string of the molecule is CC(C)Oc1ccc(-c2nc(-c3ccc4c(c3)CCN(CC=O)CC4)no2)cc1C#N. The molecule has 0 amide bonds. The van der Waals surface area contributed by atoms with E-state index in [9.17, 15) is 10.1 Å². The fraction of sp³-hybridized carbons (Fsp3) is 0.333. The first-order valence-electron chi connectivity index (χ1n) is 10.4. The van der Waals surface area contributed by atoms with Crippen LogP contribution in [0.3, 0.4) is 0 Å². The van der Waals surface area contributed by atoms with Crippen molar-refractivity contribution in [1.82, 2.24) is 15.0 Å². The van der Waals surface area contributed by atoms with Crippen molar-refractivity contribution in [2.75, 3.05) is 19.6 Å². The van der Waals surface area contributed by atoms with E-state index in [1.165, 1.54) is 11.1 Å². The van der Waals surface area contributed by atoms with Crippen molar-refractivity contribution in [2.24, 2.45) is 0 Å². The molecule has 0 saturated heterocycles. The summed E-state index contributed by atoms with van der Waals surface area (Å²) in [7, 11) is 0. The fourth-order valence-corrected chi connectivity index (χ4v) is 3.76. The van der Waals surface area contributed by atoms with Crippen molar-refractivity contribution in [3.05, 3.63) is 53.1 Å². The van der Waals surface area contributed by atoms with Gasteiger partial charge in [0.2, 0.25) is 5.82 Å². The minimum absolute atomic E-state index is 0.0216. The van der Waals surface area contributed by atoms with Crippen LogP contribution in [-0.2, 0) is 17.6 Å². The Balaban J connectivity index is 1.57. The molecule has 1 aliphatic rings. The highest BCUT2D eigenvalue weighted by Gasteiger charge is 2.17. The van der Waals surface area contributed by atoms with Gasteiger partial charge < -0.3 is 14.1 Å². The summed E-state index contributed by atoms with van der Waals surface area (Å²) >= 11 is 0. The molecule has 7 heteroatoms. The van der Waals surface area contributed by atoms with E-state index in [2.05, 4.69) is 33.2 Å². The molecule has 0 spiro atoms. The van der Waals surface area contributed by atoms with Gasteiger partial charge in [0, 0.05) is 24.2 Å². The largest absolute Gasteiger partial charge is 0.490 e. The third kappa shape index (κ3) is 4.65. The minimum Gasteiger partial charge on any atom is -0.490 e. The van der Waals surface area contributed by atoms with Crippen LogP contribution < -0.4 is 4.74 Å². The third-order valence-corrected chi connectivity index (χ3v) is 5.33. The second-order valence-electron chi connectivity index (χ2n) is 7.86. The summed E-state index contributed by atoms with van der Waals surface area (Å²) < 4.78 is 11.2. The first kappa shape index (κ1) is 20.8. The zero-order chi connectivity index (χ0) is 21.8. The number of ether oxygens (including phenoxy) is 1. The van der Waals surface area contributed by atoms with Crippen LogP contribution in [0.5, 0.6) is 5.75 Å². The molecule has 0 saturated carbocycles. The van der Waals surface area contributed by atoms with E-state index in [1.54, 1.807) is 12.1 Å². The number of carbonyl (C=O) groups is 1. The normalized spacial score (nSPS) is 14.0. The number of hydrogen-bond acceptors (Lipinski definition) is 7. The predicted molar refractivity (Wildman–Crippen MR) is 116 cm³/mol. The molecule has 158 valence electrons. The molecule has 0 atom stereocenters. The number of fused-ring (bicyclic) bond motifs is 1. The smallest absolute Gasteiger partial charge is 0.258 e. The number of aromatic nitrogens is 2. The van der Waals surface area contributed by atoms with Crippen molar-refractivity contribution in [2.45, 2.75) is 32.8 Å². The molecule has 2 heterocycles. The Morgan fingerprint density at radius 1 is 1.16 bits per heavy atom. The van der Waals surface area contributed by atoms with Crippen LogP contribution in [0.15, 0.2) is 40.9 Å². The lowest BCUT2D eigenvalue weighted by molar-refractivity contribution is -0.108. The number of nitrogens with zero attached hydrogens (tertiary/aromatic N) is 4. The van der Waals surface area contributed by atoms with Gasteiger partial charge in [0.1, 0.15) is 18.1 Å². The average molecular weight is 416 g/mol. The molecule has 4 rings (SSSR count). The molecule has 0 unspecified atom stereocenters. The van der Waals surface area contributed by atoms with E-state index in [-0.39, 0.29) is 6.10 Å². The van der Waals surface area contributed by atoms with Crippen molar-refractivity contribution >= 4 is 6.29 Å². The van der Waals surface area contributed by atoms with E-state index in [0.717, 1.165) is 37.8 Å². The van der Waals surface area contributed by atoms with E-state index >= 15 is 0 Å². The van der Waals surface area contributed by atoms with E-state index in [0.29, 0.717) is 35.1 Å². The molecule has 0 radical (unpaired) electrons. The summed E-state index contributed by atoms with van der Waals surface area (Å²) in [5.41, 5.74) is 4.53. The van der Waals surface area contributed by atoms with Crippen molar-refractivity contribution in [1.29, 1.82) is 5.26 Å². The fourth-order valence-electron chi connectivity index (χ4n) is 3.76. The lowest BCUT2D eigenvalue weighted by Gasteiger charge is -2.15. The molecular formula is C24H24N4O3. The lowest BCUT2D eigenvalue weighted by atomic mass is 10.00. The Kier molecular flexibility index (Phi) is 6.10. The van der Waals surface area contributed by atoms with Gasteiger partial charge in [-0.25, -0.2) is 0 Å². The summed E-state index contributed by atoms with van der Waals surface area (Å²) in [5.74, 6) is 1.40. The highest BCUT2D eigenvalue weighted by Crippen LogP contribution is 2.29. The second kappa shape index (κ2) is 9.11. The minimum atomic E-state index is -0.0216. The summed E-state index contributed by atoms with van der Waals surface area (Å²) in [6, 6.07) is 13.6. The van der Waals surface area contributed by atoms with Crippen LogP contribution >= 0.6 is 0 Å². The first-order chi connectivity index (χ1) is 15.1. The zero-order valence-corrected chi connectivity index (χ0v) is 17.7. The third-order valence-electron chi connectivity index (χ3n) is 5.33. The van der Waals surface area contributed by atoms with Crippen LogP contribution in [-0.4, -0.2) is 47.1 Å². The lowest BCUT2D eigenvalue weighted by Crippen LogP contribution is -2.28. The van der Waals surface area contributed by atoms with Crippen LogP contribution in [0.4, 0.5) is 0 Å². The Labute approximate surface area is 181 Å². The van der Waals surface area contributed by atoms with Crippen LogP contribution in [0.25, 0.3) is 22.8 Å². The molecular weight excluding hydrogens is 392 g/mol. The van der Waals surface area contributed by atoms with Gasteiger partial charge in [0.25, 0.3) is 5.89 Å². The topological polar surface area (TPSA) is 92.2 Å². The molecule has 0 N–H and O–H groups in total. The zero-order valence-electron chi connectivity index (χ0n) is 17.7. The van der Waals surface area contributed by atoms with E-state index in [4.69, 9.17) is 9.26 Å². The molecule has 0 fully saturated rings. The number of benzene rings is 2. The molecule has 1 aromatic heterocycles. The van der Waals surface area contributed by atoms with Crippen LogP contribution in [0.2, 0.25) is 0 Å². The monoisotopic (exact) mass is 416 g/mol. The number of hydrogen-bond donors (Lipinski definition) is 0. The van der Waals surface area contributed by atoms with Gasteiger partial charge in [-0.05, 0) is 62.1 Å². The summed E-state index contributed by atoms with van der Waals surface area (Å²) in [6.45, 7) is 6.05. The molecule has 1 aliphatic heterocycles. The van der Waals surface area contributed by atoms with Gasteiger partial charge in [-0.2, -0.15) is 10.2 Å². The molecule has 3 aromatic rings. The Morgan fingerprint density at radius 2 is 1.94 bits per heavy atom. The van der Waals surface area contributed by atoms with Crippen LogP contribution in [0.1, 0.15) is 30.5 Å². The summed E-state index contributed by atoms with van der Waals surface area (Å²) in [4.78, 5) is 17.5. The molecule has 31 heavy (non-hydrogen) atoms. The van der Waals surface area contributed by atoms with Crippen molar-refractivity contribution in [3.63, 3.8) is 0 Å². The summed E-state index contributed by atoms with van der Waals surface area (Å²) in [5, 5.41) is 13.6. The van der Waals surface area contributed by atoms with Gasteiger partial charge in [0.05, 0.1) is 18.2 Å². The predicted octanol–water partition coefficient (Wildman–Crippen LogP) is 3.66. The molecule has 2 aromatic carbocycles. The van der Waals surface area contributed by atoms with Crippen molar-refractivity contribution < 1.29 is 14.1 Å². The van der Waals surface area contributed by atoms with Gasteiger partial charge >= 0.3 is 0 Å². The number of carbonyl (C=O) groups excluding carboxylic acids is 1. The Hall–Kier alpha value is -3.50. The molecule has 0 bridgehead atoms. The van der Waals surface area contributed by atoms with Gasteiger partial charge in [-0.3, -0.25) is 4.90 Å². The van der Waals surface area contributed by atoms with E-state index < -0.39 is 0 Å². The van der Waals surface area contributed by atoms with Gasteiger partial charge in [0.15, 0.2) is 0 Å². The number of aldehydes is 1. The highest BCUT2D eigenvalue weighted by molar-refractivity contribution is 5.64.